The number of nitrogens with zero attached hydrogens (tertiary/aromatic N) is 2. The molecule has 2 aromatic rings. The van der Waals surface area contributed by atoms with Crippen LogP contribution >= 0.6 is 0 Å². The second-order valence-corrected chi connectivity index (χ2v) is 10.9. The summed E-state index contributed by atoms with van der Waals surface area (Å²) in [6.45, 7) is 3.31. The van der Waals surface area contributed by atoms with Crippen molar-refractivity contribution in [1.29, 1.82) is 0 Å². The fourth-order valence-corrected chi connectivity index (χ4v) is 5.51. The van der Waals surface area contributed by atoms with Crippen LogP contribution < -0.4 is 25.6 Å². The van der Waals surface area contributed by atoms with Crippen LogP contribution in [-0.4, -0.2) is 74.9 Å². The first-order valence-electron chi connectivity index (χ1n) is 12.4. The number of sulfonamides is 1. The van der Waals surface area contributed by atoms with Crippen LogP contribution in [0.2, 0.25) is 0 Å². The number of phenolic OH excluding ortho intramolecular Hbond substituents is 1. The van der Waals surface area contributed by atoms with Crippen molar-refractivity contribution in [2.75, 3.05) is 31.1 Å². The molecule has 0 spiro atoms. The third-order valence-electron chi connectivity index (χ3n) is 6.34. The van der Waals surface area contributed by atoms with E-state index in [0.29, 0.717) is 6.04 Å². The van der Waals surface area contributed by atoms with Crippen LogP contribution in [0.25, 0.3) is 0 Å². The first kappa shape index (κ1) is 27.2. The summed E-state index contributed by atoms with van der Waals surface area (Å²) in [5, 5.41) is 27.9. The van der Waals surface area contributed by atoms with Crippen LogP contribution in [0.5, 0.6) is 5.75 Å². The standard InChI is InChI=1S/C25H32N6O6S/c32-20-5-7-21(8-6-20)38(36,37)30-22(16-23(33)34)29-24(35)17-3-1-4-19(15-17)31-13-9-18(10-14-31)28-25-26-11-2-12-27-25/h1,3-8,15,18,22,30,32H,2,9-14,16H2,(H,29,35)(H,33,34)(H2,26,27,28). The molecule has 0 bridgehead atoms. The number of piperidine rings is 1. The van der Waals surface area contributed by atoms with Crippen LogP contribution in [0.4, 0.5) is 5.69 Å². The number of guanidine groups is 1. The number of anilines is 1. The zero-order valence-corrected chi connectivity index (χ0v) is 21.6. The van der Waals surface area contributed by atoms with E-state index in [4.69, 9.17) is 0 Å². The fraction of sp³-hybridized carbons (Fsp3) is 0.400. The molecule has 2 aliphatic rings. The van der Waals surface area contributed by atoms with Crippen LogP contribution in [0.15, 0.2) is 58.4 Å². The van der Waals surface area contributed by atoms with E-state index < -0.39 is 34.5 Å². The van der Waals surface area contributed by atoms with E-state index in [1.54, 1.807) is 18.2 Å². The Labute approximate surface area is 221 Å². The molecule has 12 nitrogen and oxygen atoms in total. The van der Waals surface area contributed by atoms with Crippen molar-refractivity contribution in [2.45, 2.75) is 42.8 Å². The number of rotatable bonds is 9. The minimum Gasteiger partial charge on any atom is -0.508 e. The maximum Gasteiger partial charge on any atom is 0.306 e. The minimum absolute atomic E-state index is 0.115. The van der Waals surface area contributed by atoms with Gasteiger partial charge in [0, 0.05) is 43.5 Å². The molecule has 1 fully saturated rings. The Balaban J connectivity index is 1.38. The fourth-order valence-electron chi connectivity index (χ4n) is 4.37. The molecular formula is C25H32N6O6S. The van der Waals surface area contributed by atoms with Gasteiger partial charge in [0.25, 0.3) is 5.91 Å². The van der Waals surface area contributed by atoms with Gasteiger partial charge in [-0.15, -0.1) is 0 Å². The van der Waals surface area contributed by atoms with E-state index >= 15 is 0 Å². The number of carboxylic acid groups (broad SMARTS) is 1. The molecule has 0 radical (unpaired) electrons. The lowest BCUT2D eigenvalue weighted by atomic mass is 10.0. The third kappa shape index (κ3) is 7.35. The number of carboxylic acids is 1. The summed E-state index contributed by atoms with van der Waals surface area (Å²) in [5.74, 6) is -1.16. The Morgan fingerprint density at radius 1 is 1.13 bits per heavy atom. The number of phenols is 1. The first-order chi connectivity index (χ1) is 18.2. The number of hydrogen-bond donors (Lipinski definition) is 6. The Morgan fingerprint density at radius 2 is 1.87 bits per heavy atom. The van der Waals surface area contributed by atoms with E-state index in [0.717, 1.165) is 57.1 Å². The summed E-state index contributed by atoms with van der Waals surface area (Å²) in [6.07, 6.45) is 0.784. The third-order valence-corrected chi connectivity index (χ3v) is 7.82. The topological polar surface area (TPSA) is 172 Å². The lowest BCUT2D eigenvalue weighted by Crippen LogP contribution is -2.50. The van der Waals surface area contributed by atoms with Gasteiger partial charge in [0.1, 0.15) is 11.9 Å². The molecule has 1 atom stereocenters. The molecule has 1 unspecified atom stereocenters. The molecule has 6 N–H and O–H groups in total. The number of hydrogen-bond acceptors (Lipinski definition) is 9. The SMILES string of the molecule is O=C(O)CC(NC(=O)c1cccc(N2CCC(NC3=NCCCN3)CC2)c1)NS(=O)(=O)c1ccc(O)cc1. The lowest BCUT2D eigenvalue weighted by molar-refractivity contribution is -0.137. The highest BCUT2D eigenvalue weighted by Crippen LogP contribution is 2.22. The van der Waals surface area contributed by atoms with E-state index in [-0.39, 0.29) is 16.2 Å². The van der Waals surface area contributed by atoms with Crippen LogP contribution in [0.3, 0.4) is 0 Å². The van der Waals surface area contributed by atoms with Crippen LogP contribution in [-0.2, 0) is 14.8 Å². The number of aliphatic imine (C=N–C) groups is 1. The predicted octanol–water partition coefficient (Wildman–Crippen LogP) is 0.809. The maximum atomic E-state index is 13.0. The molecule has 0 aliphatic carbocycles. The molecule has 13 heteroatoms. The highest BCUT2D eigenvalue weighted by molar-refractivity contribution is 7.89. The number of nitrogens with one attached hydrogen (secondary N) is 4. The summed E-state index contributed by atoms with van der Waals surface area (Å²) >= 11 is 0. The average molecular weight is 545 g/mol. The number of aliphatic carboxylic acids is 1. The molecule has 38 heavy (non-hydrogen) atoms. The second-order valence-electron chi connectivity index (χ2n) is 9.21. The van der Waals surface area contributed by atoms with Crippen molar-refractivity contribution in [3.8, 4) is 5.75 Å². The molecule has 2 heterocycles. The van der Waals surface area contributed by atoms with E-state index in [1.165, 1.54) is 24.3 Å². The summed E-state index contributed by atoms with van der Waals surface area (Å²) in [7, 11) is -4.16. The number of carbonyl (C=O) groups excluding carboxylic acids is 1. The monoisotopic (exact) mass is 544 g/mol. The number of amides is 1. The summed E-state index contributed by atoms with van der Waals surface area (Å²) in [5.41, 5.74) is 1.13. The Bertz CT molecular complexity index is 1280. The lowest BCUT2D eigenvalue weighted by Gasteiger charge is -2.35. The highest BCUT2D eigenvalue weighted by Gasteiger charge is 2.25. The largest absolute Gasteiger partial charge is 0.508 e. The Morgan fingerprint density at radius 3 is 2.53 bits per heavy atom. The predicted molar refractivity (Wildman–Crippen MR) is 142 cm³/mol. The molecule has 2 aromatic carbocycles. The van der Waals surface area contributed by atoms with Gasteiger partial charge in [0.05, 0.1) is 11.3 Å². The van der Waals surface area contributed by atoms with Crippen molar-refractivity contribution in [3.63, 3.8) is 0 Å². The molecule has 4 rings (SSSR count). The Hall–Kier alpha value is -3.84. The number of aromatic hydroxyl groups is 1. The van der Waals surface area contributed by atoms with E-state index in [1.807, 2.05) is 6.07 Å². The zero-order chi connectivity index (χ0) is 27.1. The van der Waals surface area contributed by atoms with Crippen molar-refractivity contribution in [2.24, 2.45) is 4.99 Å². The summed E-state index contributed by atoms with van der Waals surface area (Å²) in [6, 6.07) is 12.0. The summed E-state index contributed by atoms with van der Waals surface area (Å²) in [4.78, 5) is 30.8. The van der Waals surface area contributed by atoms with Gasteiger partial charge in [-0.1, -0.05) is 6.07 Å². The second kappa shape index (κ2) is 12.1. The molecule has 0 saturated carbocycles. The van der Waals surface area contributed by atoms with Crippen molar-refractivity contribution < 1.29 is 28.2 Å². The first-order valence-corrected chi connectivity index (χ1v) is 13.9. The number of benzene rings is 2. The zero-order valence-electron chi connectivity index (χ0n) is 20.8. The van der Waals surface area contributed by atoms with Gasteiger partial charge >= 0.3 is 5.97 Å². The van der Waals surface area contributed by atoms with Gasteiger partial charge < -0.3 is 31.1 Å². The smallest absolute Gasteiger partial charge is 0.306 e. The Kier molecular flexibility index (Phi) is 8.69. The van der Waals surface area contributed by atoms with Crippen LogP contribution in [0, 0.1) is 0 Å². The molecule has 204 valence electrons. The van der Waals surface area contributed by atoms with Gasteiger partial charge in [0.2, 0.25) is 10.0 Å². The van der Waals surface area contributed by atoms with Gasteiger partial charge in [-0.25, -0.2) is 8.42 Å². The van der Waals surface area contributed by atoms with Gasteiger partial charge in [-0.2, -0.15) is 4.72 Å². The van der Waals surface area contributed by atoms with Gasteiger partial charge in [-0.05, 0) is 61.7 Å². The minimum atomic E-state index is -4.16. The van der Waals surface area contributed by atoms with Crippen molar-refractivity contribution in [3.05, 3.63) is 54.1 Å². The van der Waals surface area contributed by atoms with Gasteiger partial charge in [0.15, 0.2) is 5.96 Å². The van der Waals surface area contributed by atoms with Gasteiger partial charge in [-0.3, -0.25) is 14.6 Å². The molecule has 2 aliphatic heterocycles. The van der Waals surface area contributed by atoms with Crippen LogP contribution in [0.1, 0.15) is 36.0 Å². The van der Waals surface area contributed by atoms with E-state index in [9.17, 15) is 28.2 Å². The molecular weight excluding hydrogens is 512 g/mol. The quantitative estimate of drug-likeness (QED) is 0.250. The summed E-state index contributed by atoms with van der Waals surface area (Å²) < 4.78 is 27.6. The maximum absolute atomic E-state index is 13.0. The number of carbonyl (C=O) groups is 2. The molecule has 1 saturated heterocycles. The molecule has 1 amide bonds. The highest BCUT2D eigenvalue weighted by atomic mass is 32.2. The van der Waals surface area contributed by atoms with Crippen molar-refractivity contribution >= 4 is 33.5 Å². The van der Waals surface area contributed by atoms with Crippen molar-refractivity contribution in [1.82, 2.24) is 20.7 Å². The average Bonchev–Trinajstić information content (AvgIpc) is 2.89. The molecule has 0 aromatic heterocycles. The van der Waals surface area contributed by atoms with E-state index in [2.05, 4.69) is 30.6 Å². The normalized spacial score (nSPS) is 17.2.